The van der Waals surface area contributed by atoms with Gasteiger partial charge in [0.2, 0.25) is 5.91 Å². The third-order valence-corrected chi connectivity index (χ3v) is 6.56. The molecule has 0 spiro atoms. The molecule has 5 atom stereocenters. The molecule has 0 saturated carbocycles. The van der Waals surface area contributed by atoms with Crippen LogP contribution in [-0.2, 0) is 19.0 Å². The summed E-state index contributed by atoms with van der Waals surface area (Å²) < 4.78 is 26.2. The summed E-state index contributed by atoms with van der Waals surface area (Å²) in [5.41, 5.74) is 7.12. The van der Waals surface area contributed by atoms with E-state index in [0.717, 1.165) is 30.6 Å². The maximum Gasteiger partial charge on any atom is 0.278 e. The van der Waals surface area contributed by atoms with Gasteiger partial charge in [-0.05, 0) is 38.3 Å². The number of hydrogen-bond acceptors (Lipinski definition) is 9. The lowest BCUT2D eigenvalue weighted by molar-refractivity contribution is -0.145. The van der Waals surface area contributed by atoms with E-state index in [4.69, 9.17) is 24.7 Å². The van der Waals surface area contributed by atoms with E-state index in [1.165, 1.54) is 12.7 Å². The number of aromatic nitrogens is 4. The van der Waals surface area contributed by atoms with Gasteiger partial charge in [0, 0.05) is 25.1 Å². The van der Waals surface area contributed by atoms with Gasteiger partial charge in [0.1, 0.15) is 24.1 Å². The Bertz CT molecular complexity index is 1260. The summed E-state index contributed by atoms with van der Waals surface area (Å²) in [4.78, 5) is 34.5. The van der Waals surface area contributed by atoms with Gasteiger partial charge in [-0.1, -0.05) is 12.1 Å². The molecule has 12 heteroatoms. The van der Waals surface area contributed by atoms with Crippen molar-refractivity contribution in [3.05, 3.63) is 52.8 Å². The molecular formula is C25H32N6O6. The lowest BCUT2D eigenvalue weighted by Crippen LogP contribution is -2.33. The van der Waals surface area contributed by atoms with Gasteiger partial charge in [-0.25, -0.2) is 9.97 Å². The molecule has 0 radical (unpaired) electrons. The first-order chi connectivity index (χ1) is 18.1. The molecule has 5 rings (SSSR count). The van der Waals surface area contributed by atoms with E-state index >= 15 is 0 Å². The highest BCUT2D eigenvalue weighted by molar-refractivity contribution is 5.75. The summed E-state index contributed by atoms with van der Waals surface area (Å²) in [7, 11) is 0. The molecule has 198 valence electrons. The van der Waals surface area contributed by atoms with Crippen LogP contribution in [0.5, 0.6) is 5.75 Å². The number of benzene rings is 1. The maximum absolute atomic E-state index is 12.1. The fourth-order valence-electron chi connectivity index (χ4n) is 4.72. The Kier molecular flexibility index (Phi) is 7.79. The summed E-state index contributed by atoms with van der Waals surface area (Å²) >= 11 is 0. The van der Waals surface area contributed by atoms with E-state index in [1.807, 2.05) is 31.2 Å². The smallest absolute Gasteiger partial charge is 0.278 e. The summed E-state index contributed by atoms with van der Waals surface area (Å²) in [5, 5.41) is 2.80. The third kappa shape index (κ3) is 5.37. The van der Waals surface area contributed by atoms with Crippen molar-refractivity contribution in [2.45, 2.75) is 63.4 Å². The SMILES string of the molecule is CCNC(=O)CCCCCOc1ccc(C2OC3C(O2)[C@@H](CN)O[C@H]3n2cnc3c(=O)[nH]cnc32)cc1. The molecule has 4 heterocycles. The Balaban J connectivity index is 1.18. The van der Waals surface area contributed by atoms with E-state index in [0.29, 0.717) is 25.2 Å². The molecule has 1 amide bonds. The van der Waals surface area contributed by atoms with Crippen molar-refractivity contribution < 1.29 is 23.7 Å². The first-order valence-electron chi connectivity index (χ1n) is 12.6. The summed E-state index contributed by atoms with van der Waals surface area (Å²) in [5.74, 6) is 0.855. The van der Waals surface area contributed by atoms with Gasteiger partial charge < -0.3 is 35.0 Å². The number of rotatable bonds is 11. The van der Waals surface area contributed by atoms with Crippen LogP contribution >= 0.6 is 0 Å². The minimum Gasteiger partial charge on any atom is -0.494 e. The number of carbonyl (C=O) groups is 1. The molecule has 37 heavy (non-hydrogen) atoms. The zero-order valence-corrected chi connectivity index (χ0v) is 20.7. The van der Waals surface area contributed by atoms with Crippen LogP contribution in [0.25, 0.3) is 11.2 Å². The monoisotopic (exact) mass is 512 g/mol. The quantitative estimate of drug-likeness (QED) is 0.324. The molecule has 1 aromatic carbocycles. The van der Waals surface area contributed by atoms with Crippen LogP contribution < -0.4 is 21.3 Å². The van der Waals surface area contributed by atoms with Crippen LogP contribution in [0.3, 0.4) is 0 Å². The Morgan fingerprint density at radius 3 is 2.73 bits per heavy atom. The number of ether oxygens (including phenoxy) is 4. The Labute approximate surface area is 213 Å². The van der Waals surface area contributed by atoms with Gasteiger partial charge in [-0.3, -0.25) is 14.2 Å². The van der Waals surface area contributed by atoms with E-state index in [2.05, 4.69) is 20.3 Å². The maximum atomic E-state index is 12.1. The molecule has 2 fully saturated rings. The first kappa shape index (κ1) is 25.3. The largest absolute Gasteiger partial charge is 0.494 e. The molecule has 0 aliphatic carbocycles. The van der Waals surface area contributed by atoms with Gasteiger partial charge in [-0.2, -0.15) is 0 Å². The normalized spacial score (nSPS) is 24.9. The molecule has 0 bridgehead atoms. The fraction of sp³-hybridized carbons (Fsp3) is 0.520. The van der Waals surface area contributed by atoms with E-state index in [9.17, 15) is 9.59 Å². The number of H-pyrrole nitrogens is 1. The molecule has 2 saturated heterocycles. The lowest BCUT2D eigenvalue weighted by atomic mass is 10.1. The number of nitrogens with zero attached hydrogens (tertiary/aromatic N) is 3. The van der Waals surface area contributed by atoms with Crippen molar-refractivity contribution in [2.24, 2.45) is 5.73 Å². The van der Waals surface area contributed by atoms with Gasteiger partial charge in [-0.15, -0.1) is 0 Å². The Hall–Kier alpha value is -3.32. The van der Waals surface area contributed by atoms with E-state index in [1.54, 1.807) is 4.57 Å². The number of amides is 1. The van der Waals surface area contributed by atoms with Crippen LogP contribution in [0.1, 0.15) is 50.7 Å². The van der Waals surface area contributed by atoms with E-state index < -0.39 is 18.6 Å². The third-order valence-electron chi connectivity index (χ3n) is 6.56. The number of imidazole rings is 1. The first-order valence-corrected chi connectivity index (χ1v) is 12.6. The minimum absolute atomic E-state index is 0.0976. The second kappa shape index (κ2) is 11.4. The summed E-state index contributed by atoms with van der Waals surface area (Å²) in [6.45, 7) is 3.42. The highest BCUT2D eigenvalue weighted by Crippen LogP contribution is 2.44. The molecule has 3 aromatic rings. The standard InChI is InChI=1S/C25H32N6O6/c1-2-27-18(32)6-4-3-5-11-34-16-9-7-15(8-10-16)25-36-20-17(12-26)35-24(21(20)37-25)31-14-30-19-22(31)28-13-29-23(19)33/h7-10,13-14,17,20-21,24-25H,2-6,11-12,26H2,1H3,(H,27,32)(H,28,29,33)/t17-,20?,21?,24-,25?/m1/s1. The number of carbonyl (C=O) groups excluding carboxylic acids is 1. The number of fused-ring (bicyclic) bond motifs is 2. The van der Waals surface area contributed by atoms with Crippen LogP contribution in [0.2, 0.25) is 0 Å². The van der Waals surface area contributed by atoms with Gasteiger partial charge in [0.15, 0.2) is 23.7 Å². The number of aromatic amines is 1. The van der Waals surface area contributed by atoms with Crippen LogP contribution in [0, 0.1) is 0 Å². The second-order valence-corrected chi connectivity index (χ2v) is 9.07. The predicted octanol–water partition coefficient (Wildman–Crippen LogP) is 1.53. The number of nitrogens with one attached hydrogen (secondary N) is 2. The molecule has 2 aromatic heterocycles. The summed E-state index contributed by atoms with van der Waals surface area (Å²) in [6.07, 6.45) is 3.68. The fourth-order valence-corrected chi connectivity index (χ4v) is 4.72. The zero-order chi connectivity index (χ0) is 25.8. The minimum atomic E-state index is -0.593. The Morgan fingerprint density at radius 1 is 1.14 bits per heavy atom. The predicted molar refractivity (Wildman–Crippen MR) is 133 cm³/mol. The highest BCUT2D eigenvalue weighted by Gasteiger charge is 2.53. The second-order valence-electron chi connectivity index (χ2n) is 9.07. The number of unbranched alkanes of at least 4 members (excludes halogenated alkanes) is 2. The van der Waals surface area contributed by atoms with Gasteiger partial charge in [0.25, 0.3) is 5.56 Å². The Morgan fingerprint density at radius 2 is 1.95 bits per heavy atom. The molecule has 12 nitrogen and oxygen atoms in total. The topological polar surface area (TPSA) is 156 Å². The van der Waals surface area contributed by atoms with Gasteiger partial charge in [0.05, 0.1) is 19.3 Å². The molecule has 3 unspecified atom stereocenters. The van der Waals surface area contributed by atoms with Crippen molar-refractivity contribution in [3.8, 4) is 5.75 Å². The van der Waals surface area contributed by atoms with Crippen LogP contribution in [-0.4, -0.2) is 63.4 Å². The molecule has 2 aliphatic rings. The summed E-state index contributed by atoms with van der Waals surface area (Å²) in [6, 6.07) is 7.60. The van der Waals surface area contributed by atoms with Crippen LogP contribution in [0.4, 0.5) is 0 Å². The van der Waals surface area contributed by atoms with E-state index in [-0.39, 0.29) is 35.7 Å². The number of hydrogen-bond donors (Lipinski definition) is 3. The van der Waals surface area contributed by atoms with Crippen molar-refractivity contribution in [2.75, 3.05) is 19.7 Å². The highest BCUT2D eigenvalue weighted by atomic mass is 16.8. The van der Waals surface area contributed by atoms with Crippen molar-refractivity contribution in [3.63, 3.8) is 0 Å². The number of nitrogens with two attached hydrogens (primary N) is 1. The lowest BCUT2D eigenvalue weighted by Gasteiger charge is -2.21. The average Bonchev–Trinajstić information content (AvgIpc) is 3.61. The van der Waals surface area contributed by atoms with Crippen molar-refractivity contribution in [1.82, 2.24) is 24.8 Å². The van der Waals surface area contributed by atoms with Crippen molar-refractivity contribution in [1.29, 1.82) is 0 Å². The average molecular weight is 513 g/mol. The van der Waals surface area contributed by atoms with Crippen LogP contribution in [0.15, 0.2) is 41.7 Å². The molecule has 2 aliphatic heterocycles. The molecule has 4 N–H and O–H groups in total. The zero-order valence-electron chi connectivity index (χ0n) is 20.7. The van der Waals surface area contributed by atoms with Crippen molar-refractivity contribution >= 4 is 17.1 Å². The molecular weight excluding hydrogens is 480 g/mol. The van der Waals surface area contributed by atoms with Gasteiger partial charge >= 0.3 is 0 Å².